The fourth-order valence-electron chi connectivity index (χ4n) is 2.59. The van der Waals surface area contributed by atoms with Crippen molar-refractivity contribution in [3.63, 3.8) is 0 Å². The lowest BCUT2D eigenvalue weighted by Gasteiger charge is -2.31. The molecule has 2 amide bonds. The van der Waals surface area contributed by atoms with E-state index in [-0.39, 0.29) is 24.1 Å². The zero-order valence-corrected chi connectivity index (χ0v) is 12.9. The van der Waals surface area contributed by atoms with Gasteiger partial charge in [0.05, 0.1) is 10.8 Å². The molecule has 1 saturated heterocycles. The molecule has 1 atom stereocenters. The van der Waals surface area contributed by atoms with Gasteiger partial charge >= 0.3 is 0 Å². The van der Waals surface area contributed by atoms with Crippen LogP contribution in [0, 0.1) is 23.0 Å². The van der Waals surface area contributed by atoms with E-state index in [0.717, 1.165) is 6.42 Å². The van der Waals surface area contributed by atoms with Gasteiger partial charge in [-0.15, -0.1) is 0 Å². The van der Waals surface area contributed by atoms with Gasteiger partial charge in [-0.1, -0.05) is 0 Å². The molecule has 0 bridgehead atoms. The first kappa shape index (κ1) is 16.7. The molecule has 1 aromatic carbocycles. The summed E-state index contributed by atoms with van der Waals surface area (Å²) in [5, 5.41) is 10.8. The number of aryl methyl sites for hydroxylation is 1. The molecular formula is C15H19N3O5. The Labute approximate surface area is 133 Å². The Morgan fingerprint density at radius 3 is 2.83 bits per heavy atom. The number of nitrogens with zero attached hydrogens (tertiary/aromatic N) is 2. The second-order valence-corrected chi connectivity index (χ2v) is 5.58. The minimum Gasteiger partial charge on any atom is -0.484 e. The van der Waals surface area contributed by atoms with Crippen LogP contribution in [0.3, 0.4) is 0 Å². The first-order valence-electron chi connectivity index (χ1n) is 7.33. The molecule has 2 rings (SSSR count). The third kappa shape index (κ3) is 4.18. The van der Waals surface area contributed by atoms with Crippen molar-refractivity contribution in [1.29, 1.82) is 0 Å². The zero-order valence-electron chi connectivity index (χ0n) is 12.9. The quantitative estimate of drug-likeness (QED) is 0.641. The molecule has 2 N–H and O–H groups in total. The normalized spacial score (nSPS) is 17.6. The maximum atomic E-state index is 12.1. The van der Waals surface area contributed by atoms with E-state index in [1.54, 1.807) is 11.8 Å². The van der Waals surface area contributed by atoms with Gasteiger partial charge in [0.2, 0.25) is 5.91 Å². The average molecular weight is 321 g/mol. The number of nitro groups is 1. The van der Waals surface area contributed by atoms with Gasteiger partial charge in [-0.3, -0.25) is 19.7 Å². The molecule has 23 heavy (non-hydrogen) atoms. The van der Waals surface area contributed by atoms with Crippen LogP contribution in [-0.4, -0.2) is 41.3 Å². The molecule has 0 aromatic heterocycles. The van der Waals surface area contributed by atoms with Crippen LogP contribution < -0.4 is 10.5 Å². The molecule has 0 radical (unpaired) electrons. The van der Waals surface area contributed by atoms with Crippen molar-refractivity contribution >= 4 is 17.5 Å². The van der Waals surface area contributed by atoms with Gasteiger partial charge in [0.1, 0.15) is 5.75 Å². The summed E-state index contributed by atoms with van der Waals surface area (Å²) in [6.07, 6.45) is 1.43. The molecule has 124 valence electrons. The number of rotatable bonds is 5. The Hall–Kier alpha value is -2.64. The lowest BCUT2D eigenvalue weighted by molar-refractivity contribution is -0.385. The second-order valence-electron chi connectivity index (χ2n) is 5.58. The number of ether oxygens (including phenoxy) is 1. The molecular weight excluding hydrogens is 302 g/mol. The van der Waals surface area contributed by atoms with Crippen LogP contribution in [0.4, 0.5) is 5.69 Å². The van der Waals surface area contributed by atoms with Crippen LogP contribution in [0.1, 0.15) is 18.4 Å². The molecule has 1 heterocycles. The van der Waals surface area contributed by atoms with Crippen LogP contribution in [-0.2, 0) is 9.59 Å². The van der Waals surface area contributed by atoms with Gasteiger partial charge in [-0.2, -0.15) is 0 Å². The first-order valence-corrected chi connectivity index (χ1v) is 7.33. The van der Waals surface area contributed by atoms with E-state index >= 15 is 0 Å². The van der Waals surface area contributed by atoms with E-state index < -0.39 is 10.8 Å². The number of amides is 2. The van der Waals surface area contributed by atoms with Crippen LogP contribution in [0.25, 0.3) is 0 Å². The predicted octanol–water partition coefficient (Wildman–Crippen LogP) is 1.01. The fraction of sp³-hybridized carbons (Fsp3) is 0.467. The molecule has 1 aliphatic heterocycles. The third-order valence-electron chi connectivity index (χ3n) is 3.90. The number of primary amides is 1. The number of hydrogen-bond donors (Lipinski definition) is 1. The van der Waals surface area contributed by atoms with Crippen LogP contribution in [0.2, 0.25) is 0 Å². The van der Waals surface area contributed by atoms with Crippen molar-refractivity contribution in [2.75, 3.05) is 19.7 Å². The van der Waals surface area contributed by atoms with Crippen molar-refractivity contribution in [2.24, 2.45) is 11.7 Å². The number of nitrogens with two attached hydrogens (primary N) is 1. The first-order chi connectivity index (χ1) is 10.9. The standard InChI is InChI=1S/C15H19N3O5/c1-10-7-12(4-5-13(10)18(21)22)23-9-14(19)17-6-2-3-11(8-17)15(16)20/h4-5,7,11H,2-3,6,8-9H2,1H3,(H2,16,20). The topological polar surface area (TPSA) is 116 Å². The number of benzene rings is 1. The molecule has 1 aliphatic rings. The largest absolute Gasteiger partial charge is 0.484 e. The summed E-state index contributed by atoms with van der Waals surface area (Å²) in [5.74, 6) is -0.541. The summed E-state index contributed by atoms with van der Waals surface area (Å²) in [6.45, 7) is 2.32. The molecule has 1 aromatic rings. The number of carbonyl (C=O) groups excluding carboxylic acids is 2. The van der Waals surface area contributed by atoms with E-state index in [1.807, 2.05) is 0 Å². The highest BCUT2D eigenvalue weighted by Gasteiger charge is 2.27. The molecule has 0 aliphatic carbocycles. The summed E-state index contributed by atoms with van der Waals surface area (Å²) >= 11 is 0. The monoisotopic (exact) mass is 321 g/mol. The number of likely N-dealkylation sites (tertiary alicyclic amines) is 1. The van der Waals surface area contributed by atoms with Crippen molar-refractivity contribution in [2.45, 2.75) is 19.8 Å². The van der Waals surface area contributed by atoms with Gasteiger partial charge in [-0.05, 0) is 31.9 Å². The van der Waals surface area contributed by atoms with Crippen LogP contribution >= 0.6 is 0 Å². The summed E-state index contributed by atoms with van der Waals surface area (Å²) < 4.78 is 5.40. The van der Waals surface area contributed by atoms with Gasteiger partial charge in [0, 0.05) is 24.7 Å². The van der Waals surface area contributed by atoms with E-state index in [2.05, 4.69) is 0 Å². The zero-order chi connectivity index (χ0) is 17.0. The Kier molecular flexibility index (Phi) is 5.15. The summed E-state index contributed by atoms with van der Waals surface area (Å²) in [6, 6.07) is 4.33. The average Bonchev–Trinajstić information content (AvgIpc) is 2.52. The van der Waals surface area contributed by atoms with Gasteiger partial charge in [0.25, 0.3) is 11.6 Å². The van der Waals surface area contributed by atoms with E-state index in [4.69, 9.17) is 10.5 Å². The van der Waals surface area contributed by atoms with Gasteiger partial charge in [0.15, 0.2) is 6.61 Å². The maximum absolute atomic E-state index is 12.1. The molecule has 0 spiro atoms. The van der Waals surface area contributed by atoms with E-state index in [1.165, 1.54) is 18.2 Å². The lowest BCUT2D eigenvalue weighted by Crippen LogP contribution is -2.45. The summed E-state index contributed by atoms with van der Waals surface area (Å²) in [5.41, 5.74) is 5.75. The Bertz CT molecular complexity index is 632. The predicted molar refractivity (Wildman–Crippen MR) is 81.8 cm³/mol. The Morgan fingerprint density at radius 2 is 2.22 bits per heavy atom. The van der Waals surface area contributed by atoms with Gasteiger partial charge in [-0.25, -0.2) is 0 Å². The smallest absolute Gasteiger partial charge is 0.272 e. The highest BCUT2D eigenvalue weighted by molar-refractivity contribution is 5.81. The number of piperidine rings is 1. The highest BCUT2D eigenvalue weighted by atomic mass is 16.6. The number of nitro benzene ring substituents is 1. The molecule has 1 fully saturated rings. The number of carbonyl (C=O) groups is 2. The molecule has 8 nitrogen and oxygen atoms in total. The van der Waals surface area contributed by atoms with E-state index in [0.29, 0.717) is 30.8 Å². The van der Waals surface area contributed by atoms with Crippen molar-refractivity contribution < 1.29 is 19.2 Å². The molecule has 0 saturated carbocycles. The highest BCUT2D eigenvalue weighted by Crippen LogP contribution is 2.23. The Balaban J connectivity index is 1.92. The molecule has 1 unspecified atom stereocenters. The van der Waals surface area contributed by atoms with Crippen LogP contribution in [0.15, 0.2) is 18.2 Å². The minimum absolute atomic E-state index is 0.00371. The summed E-state index contributed by atoms with van der Waals surface area (Å²) in [7, 11) is 0. The Morgan fingerprint density at radius 1 is 1.48 bits per heavy atom. The van der Waals surface area contributed by atoms with Crippen molar-refractivity contribution in [1.82, 2.24) is 4.90 Å². The van der Waals surface area contributed by atoms with E-state index in [9.17, 15) is 19.7 Å². The second kappa shape index (κ2) is 7.08. The van der Waals surface area contributed by atoms with Crippen molar-refractivity contribution in [3.8, 4) is 5.75 Å². The fourth-order valence-corrected chi connectivity index (χ4v) is 2.59. The van der Waals surface area contributed by atoms with Gasteiger partial charge < -0.3 is 15.4 Å². The lowest BCUT2D eigenvalue weighted by atomic mass is 9.97. The third-order valence-corrected chi connectivity index (χ3v) is 3.90. The SMILES string of the molecule is Cc1cc(OCC(=O)N2CCCC(C(N)=O)C2)ccc1[N+](=O)[O-]. The van der Waals surface area contributed by atoms with Crippen molar-refractivity contribution in [3.05, 3.63) is 33.9 Å². The number of hydrogen-bond acceptors (Lipinski definition) is 5. The van der Waals surface area contributed by atoms with Crippen LogP contribution in [0.5, 0.6) is 5.75 Å². The maximum Gasteiger partial charge on any atom is 0.272 e. The molecule has 8 heteroatoms. The summed E-state index contributed by atoms with van der Waals surface area (Å²) in [4.78, 5) is 35.2. The minimum atomic E-state index is -0.470.